The van der Waals surface area contributed by atoms with Crippen molar-refractivity contribution in [2.45, 2.75) is 17.2 Å². The molecular formula is C16H19NOS2. The van der Waals surface area contributed by atoms with Gasteiger partial charge in [-0.2, -0.15) is 0 Å². The second-order valence-electron chi connectivity index (χ2n) is 4.62. The van der Waals surface area contributed by atoms with Gasteiger partial charge in [0.05, 0.1) is 0 Å². The first-order valence-corrected chi connectivity index (χ1v) is 9.38. The highest BCUT2D eigenvalue weighted by Crippen LogP contribution is 2.17. The van der Waals surface area contributed by atoms with E-state index in [0.717, 1.165) is 17.8 Å². The third-order valence-corrected chi connectivity index (χ3v) is 4.44. The summed E-state index contributed by atoms with van der Waals surface area (Å²) >= 11 is 1.75. The molecule has 106 valence electrons. The first kappa shape index (κ1) is 15.1. The maximum atomic E-state index is 11.3. The molecule has 0 aliphatic carbocycles. The second kappa shape index (κ2) is 7.50. The van der Waals surface area contributed by atoms with Crippen molar-refractivity contribution in [1.29, 1.82) is 0 Å². The van der Waals surface area contributed by atoms with Crippen LogP contribution in [0.2, 0.25) is 0 Å². The molecule has 0 bridgehead atoms. The fourth-order valence-corrected chi connectivity index (χ4v) is 3.01. The fourth-order valence-electron chi connectivity index (χ4n) is 1.95. The van der Waals surface area contributed by atoms with Crippen molar-refractivity contribution < 1.29 is 4.21 Å². The van der Waals surface area contributed by atoms with Crippen LogP contribution < -0.4 is 5.32 Å². The van der Waals surface area contributed by atoms with Gasteiger partial charge in [0.1, 0.15) is 0 Å². The highest BCUT2D eigenvalue weighted by Gasteiger charge is 1.99. The first-order valence-electron chi connectivity index (χ1n) is 6.43. The minimum atomic E-state index is -0.799. The Bertz CT molecular complexity index is 581. The molecule has 0 spiro atoms. The molecule has 0 aromatic heterocycles. The summed E-state index contributed by atoms with van der Waals surface area (Å²) < 4.78 is 11.3. The van der Waals surface area contributed by atoms with Crippen LogP contribution in [0.25, 0.3) is 0 Å². The monoisotopic (exact) mass is 305 g/mol. The van der Waals surface area contributed by atoms with Crippen molar-refractivity contribution in [2.24, 2.45) is 0 Å². The lowest BCUT2D eigenvalue weighted by Gasteiger charge is -2.08. The maximum absolute atomic E-state index is 11.3. The van der Waals surface area contributed by atoms with Crippen molar-refractivity contribution in [3.8, 4) is 0 Å². The van der Waals surface area contributed by atoms with E-state index in [1.807, 2.05) is 18.2 Å². The lowest BCUT2D eigenvalue weighted by Crippen LogP contribution is -2.00. The zero-order chi connectivity index (χ0) is 14.4. The minimum Gasteiger partial charge on any atom is -0.381 e. The van der Waals surface area contributed by atoms with Crippen LogP contribution in [0.1, 0.15) is 11.1 Å². The molecule has 0 saturated carbocycles. The highest BCUT2D eigenvalue weighted by molar-refractivity contribution is 7.98. The van der Waals surface area contributed by atoms with Gasteiger partial charge in [0.2, 0.25) is 0 Å². The lowest BCUT2D eigenvalue weighted by molar-refractivity contribution is 0.686. The molecule has 1 N–H and O–H groups in total. The Hall–Kier alpha value is -1.26. The molecule has 0 radical (unpaired) electrons. The van der Waals surface area contributed by atoms with Crippen LogP contribution in [0.3, 0.4) is 0 Å². The first-order chi connectivity index (χ1) is 9.67. The second-order valence-corrected chi connectivity index (χ2v) is 6.93. The van der Waals surface area contributed by atoms with Crippen molar-refractivity contribution >= 4 is 28.2 Å². The summed E-state index contributed by atoms with van der Waals surface area (Å²) in [6.45, 7) is 0.799. The number of benzene rings is 2. The lowest BCUT2D eigenvalue weighted by atomic mass is 10.2. The van der Waals surface area contributed by atoms with Crippen LogP contribution in [0, 0.1) is 0 Å². The average Bonchev–Trinajstić information content (AvgIpc) is 2.45. The van der Waals surface area contributed by atoms with Crippen LogP contribution >= 0.6 is 11.8 Å². The van der Waals surface area contributed by atoms with Gasteiger partial charge in [0, 0.05) is 39.9 Å². The molecule has 0 aliphatic heterocycles. The molecule has 2 nitrogen and oxygen atoms in total. The van der Waals surface area contributed by atoms with Gasteiger partial charge in [0.15, 0.2) is 0 Å². The van der Waals surface area contributed by atoms with E-state index in [2.05, 4.69) is 41.9 Å². The van der Waals surface area contributed by atoms with Crippen LogP contribution in [0.4, 0.5) is 5.69 Å². The molecule has 0 fully saturated rings. The molecule has 1 atom stereocenters. The molecule has 2 aromatic rings. The third-order valence-electron chi connectivity index (χ3n) is 2.95. The molecule has 0 heterocycles. The van der Waals surface area contributed by atoms with E-state index in [1.54, 1.807) is 18.0 Å². The van der Waals surface area contributed by atoms with Gasteiger partial charge in [-0.1, -0.05) is 24.3 Å². The SMILES string of the molecule is CSc1ccc(CNc2cccc(C[S@@](C)=O)c2)cc1. The Labute approximate surface area is 127 Å². The largest absolute Gasteiger partial charge is 0.381 e. The predicted molar refractivity (Wildman–Crippen MR) is 89.8 cm³/mol. The number of anilines is 1. The predicted octanol–water partition coefficient (Wildman–Crippen LogP) is 3.90. The van der Waals surface area contributed by atoms with E-state index in [0.29, 0.717) is 5.75 Å². The summed E-state index contributed by atoms with van der Waals surface area (Å²) in [5.74, 6) is 0.609. The summed E-state index contributed by atoms with van der Waals surface area (Å²) in [5, 5.41) is 3.41. The van der Waals surface area contributed by atoms with Crippen LogP contribution in [0.15, 0.2) is 53.4 Å². The van der Waals surface area contributed by atoms with E-state index in [1.165, 1.54) is 10.5 Å². The van der Waals surface area contributed by atoms with Crippen molar-refractivity contribution in [1.82, 2.24) is 0 Å². The Balaban J connectivity index is 1.97. The van der Waals surface area contributed by atoms with Gasteiger partial charge in [0.25, 0.3) is 0 Å². The summed E-state index contributed by atoms with van der Waals surface area (Å²) in [5.41, 5.74) is 3.43. The van der Waals surface area contributed by atoms with Gasteiger partial charge < -0.3 is 5.32 Å². The Morgan fingerprint density at radius 2 is 1.85 bits per heavy atom. The van der Waals surface area contributed by atoms with Crippen molar-refractivity contribution in [3.05, 3.63) is 59.7 Å². The van der Waals surface area contributed by atoms with Crippen LogP contribution in [0.5, 0.6) is 0 Å². The Morgan fingerprint density at radius 1 is 1.10 bits per heavy atom. The van der Waals surface area contributed by atoms with Crippen molar-refractivity contribution in [3.63, 3.8) is 0 Å². The molecule has 4 heteroatoms. The molecular weight excluding hydrogens is 286 g/mol. The third kappa shape index (κ3) is 4.69. The average molecular weight is 305 g/mol. The molecule has 2 aromatic carbocycles. The fraction of sp³-hybridized carbons (Fsp3) is 0.250. The van der Waals surface area contributed by atoms with E-state index in [-0.39, 0.29) is 0 Å². The Kier molecular flexibility index (Phi) is 5.68. The smallest absolute Gasteiger partial charge is 0.0483 e. The molecule has 0 aliphatic rings. The van der Waals surface area contributed by atoms with Crippen LogP contribution in [-0.4, -0.2) is 16.7 Å². The quantitative estimate of drug-likeness (QED) is 0.821. The van der Waals surface area contributed by atoms with Crippen molar-refractivity contribution in [2.75, 3.05) is 17.8 Å². The zero-order valence-electron chi connectivity index (χ0n) is 11.8. The maximum Gasteiger partial charge on any atom is 0.0483 e. The molecule has 2 rings (SSSR count). The van der Waals surface area contributed by atoms with E-state index in [4.69, 9.17) is 0 Å². The summed E-state index contributed by atoms with van der Waals surface area (Å²) in [4.78, 5) is 1.28. The zero-order valence-corrected chi connectivity index (χ0v) is 13.4. The van der Waals surface area contributed by atoms with Gasteiger partial charge >= 0.3 is 0 Å². The number of rotatable bonds is 6. The summed E-state index contributed by atoms with van der Waals surface area (Å²) in [6.07, 6.45) is 3.81. The number of hydrogen-bond donors (Lipinski definition) is 1. The van der Waals surface area contributed by atoms with E-state index in [9.17, 15) is 4.21 Å². The molecule has 20 heavy (non-hydrogen) atoms. The minimum absolute atomic E-state index is 0.609. The molecule has 0 unspecified atom stereocenters. The van der Waals surface area contributed by atoms with Gasteiger partial charge in [-0.15, -0.1) is 11.8 Å². The normalized spacial score (nSPS) is 12.1. The summed E-state index contributed by atoms with van der Waals surface area (Å²) in [6, 6.07) is 16.7. The van der Waals surface area contributed by atoms with Gasteiger partial charge in [-0.05, 0) is 41.6 Å². The Morgan fingerprint density at radius 3 is 2.50 bits per heavy atom. The van der Waals surface area contributed by atoms with Gasteiger partial charge in [-0.25, -0.2) is 0 Å². The standard InChI is InChI=1S/C16H19NOS2/c1-19-16-8-6-13(7-9-16)11-17-15-5-3-4-14(10-15)12-20(2)18/h3-10,17H,11-12H2,1-2H3/t20-/m1/s1. The van der Waals surface area contributed by atoms with Crippen LogP contribution in [-0.2, 0) is 23.1 Å². The number of hydrogen-bond acceptors (Lipinski definition) is 3. The molecule has 0 amide bonds. The van der Waals surface area contributed by atoms with Gasteiger partial charge in [-0.3, -0.25) is 4.21 Å². The van der Waals surface area contributed by atoms with E-state index >= 15 is 0 Å². The highest BCUT2D eigenvalue weighted by atomic mass is 32.2. The number of nitrogens with one attached hydrogen (secondary N) is 1. The topological polar surface area (TPSA) is 29.1 Å². The van der Waals surface area contributed by atoms with E-state index < -0.39 is 10.8 Å². The molecule has 0 saturated heterocycles. The number of thioether (sulfide) groups is 1. The summed E-state index contributed by atoms with van der Waals surface area (Å²) in [7, 11) is -0.799.